The Bertz CT molecular complexity index is 606. The minimum atomic E-state index is -0.804. The maximum atomic E-state index is 11.6. The third-order valence-electron chi connectivity index (χ3n) is 3.45. The number of aryl methyl sites for hydroxylation is 1. The molecule has 1 atom stereocenters. The van der Waals surface area contributed by atoms with E-state index < -0.39 is 12.0 Å². The first-order chi connectivity index (χ1) is 9.16. The van der Waals surface area contributed by atoms with E-state index in [2.05, 4.69) is 10.1 Å². The molecule has 7 heteroatoms. The van der Waals surface area contributed by atoms with Gasteiger partial charge in [-0.1, -0.05) is 0 Å². The number of thiophene rings is 1. The van der Waals surface area contributed by atoms with Crippen molar-refractivity contribution in [3.05, 3.63) is 34.0 Å². The van der Waals surface area contributed by atoms with Gasteiger partial charge in [-0.2, -0.15) is 5.10 Å². The number of carbonyl (C=O) groups is 1. The maximum Gasteiger partial charge on any atom is 0.325 e. The Morgan fingerprint density at radius 3 is 3.16 bits per heavy atom. The van der Waals surface area contributed by atoms with Crippen LogP contribution in [0.15, 0.2) is 17.8 Å². The van der Waals surface area contributed by atoms with E-state index in [4.69, 9.17) is 0 Å². The molecule has 0 saturated heterocycles. The van der Waals surface area contributed by atoms with Crippen LogP contribution in [0.25, 0.3) is 0 Å². The molecule has 0 spiro atoms. The fourth-order valence-corrected chi connectivity index (χ4v) is 3.38. The van der Waals surface area contributed by atoms with Gasteiger partial charge in [0.15, 0.2) is 0 Å². The Morgan fingerprint density at radius 1 is 1.63 bits per heavy atom. The summed E-state index contributed by atoms with van der Waals surface area (Å²) in [5.41, 5.74) is 0.922. The Labute approximate surface area is 114 Å². The third-order valence-corrected chi connectivity index (χ3v) is 4.45. The standard InChI is InChI=1S/C12H14N4O2S/c1-15-10(13-7-14-15)6-16-4-2-9-8(3-5-19-9)11(16)12(17)18/h3,5,7,11H,2,4,6H2,1H3,(H,17,18). The average Bonchev–Trinajstić information content (AvgIpc) is 2.98. The number of nitrogens with zero attached hydrogens (tertiary/aromatic N) is 4. The van der Waals surface area contributed by atoms with Crippen molar-refractivity contribution >= 4 is 17.3 Å². The van der Waals surface area contributed by atoms with Crippen LogP contribution in [-0.2, 0) is 24.8 Å². The van der Waals surface area contributed by atoms with Crippen LogP contribution in [0.4, 0.5) is 0 Å². The van der Waals surface area contributed by atoms with Crippen molar-refractivity contribution in [3.8, 4) is 0 Å². The van der Waals surface area contributed by atoms with E-state index in [9.17, 15) is 9.90 Å². The number of hydrogen-bond donors (Lipinski definition) is 1. The summed E-state index contributed by atoms with van der Waals surface area (Å²) in [5.74, 6) is -0.0218. The highest BCUT2D eigenvalue weighted by molar-refractivity contribution is 7.10. The molecular weight excluding hydrogens is 264 g/mol. The van der Waals surface area contributed by atoms with Gasteiger partial charge in [0.2, 0.25) is 0 Å². The first kappa shape index (κ1) is 12.3. The quantitative estimate of drug-likeness (QED) is 0.909. The minimum absolute atomic E-state index is 0.503. The van der Waals surface area contributed by atoms with Crippen LogP contribution in [-0.4, -0.2) is 37.3 Å². The predicted molar refractivity (Wildman–Crippen MR) is 69.8 cm³/mol. The summed E-state index contributed by atoms with van der Waals surface area (Å²) < 4.78 is 1.68. The molecule has 2 aromatic heterocycles. The van der Waals surface area contributed by atoms with Crippen molar-refractivity contribution in [3.63, 3.8) is 0 Å². The number of hydrogen-bond acceptors (Lipinski definition) is 5. The van der Waals surface area contributed by atoms with Crippen LogP contribution in [0, 0.1) is 0 Å². The van der Waals surface area contributed by atoms with Gasteiger partial charge in [-0.05, 0) is 23.4 Å². The summed E-state index contributed by atoms with van der Waals surface area (Å²) >= 11 is 1.64. The van der Waals surface area contributed by atoms with E-state index in [1.165, 1.54) is 11.2 Å². The van der Waals surface area contributed by atoms with Crippen LogP contribution in [0.1, 0.15) is 22.3 Å². The molecule has 1 aliphatic heterocycles. The topological polar surface area (TPSA) is 71.2 Å². The van der Waals surface area contributed by atoms with Gasteiger partial charge in [0.25, 0.3) is 0 Å². The fourth-order valence-electron chi connectivity index (χ4n) is 2.47. The lowest BCUT2D eigenvalue weighted by molar-refractivity contribution is -0.144. The molecule has 1 N–H and O–H groups in total. The largest absolute Gasteiger partial charge is 0.480 e. The molecule has 0 aliphatic carbocycles. The van der Waals surface area contributed by atoms with E-state index in [0.717, 1.165) is 24.4 Å². The van der Waals surface area contributed by atoms with Gasteiger partial charge in [0.05, 0.1) is 6.54 Å². The zero-order valence-electron chi connectivity index (χ0n) is 10.5. The van der Waals surface area contributed by atoms with E-state index in [1.54, 1.807) is 16.0 Å². The predicted octanol–water partition coefficient (Wildman–Crippen LogP) is 1.06. The second-order valence-corrected chi connectivity index (χ2v) is 5.56. The number of fused-ring (bicyclic) bond motifs is 1. The summed E-state index contributed by atoms with van der Waals surface area (Å²) in [4.78, 5) is 18.9. The highest BCUT2D eigenvalue weighted by Crippen LogP contribution is 2.34. The third kappa shape index (κ3) is 2.15. The maximum absolute atomic E-state index is 11.6. The molecule has 0 bridgehead atoms. The second-order valence-electron chi connectivity index (χ2n) is 4.56. The molecule has 0 aromatic carbocycles. The van der Waals surface area contributed by atoms with Gasteiger partial charge >= 0.3 is 5.97 Å². The molecule has 6 nitrogen and oxygen atoms in total. The van der Waals surface area contributed by atoms with Crippen molar-refractivity contribution in [2.45, 2.75) is 19.0 Å². The molecule has 2 aromatic rings. The molecular formula is C12H14N4O2S. The lowest BCUT2D eigenvalue weighted by Gasteiger charge is -2.32. The van der Waals surface area contributed by atoms with Crippen LogP contribution in [0.5, 0.6) is 0 Å². The normalized spacial score (nSPS) is 19.3. The summed E-state index contributed by atoms with van der Waals surface area (Å²) in [6.07, 6.45) is 2.39. The van der Waals surface area contributed by atoms with E-state index in [1.807, 2.05) is 23.4 Å². The van der Waals surface area contributed by atoms with Gasteiger partial charge in [0, 0.05) is 18.5 Å². The van der Waals surface area contributed by atoms with Crippen LogP contribution in [0.2, 0.25) is 0 Å². The fraction of sp³-hybridized carbons (Fsp3) is 0.417. The molecule has 0 saturated carbocycles. The first-order valence-corrected chi connectivity index (χ1v) is 6.91. The molecule has 0 radical (unpaired) electrons. The highest BCUT2D eigenvalue weighted by Gasteiger charge is 2.34. The molecule has 3 rings (SSSR count). The Hall–Kier alpha value is -1.73. The number of rotatable bonds is 3. The van der Waals surface area contributed by atoms with Crippen molar-refractivity contribution in [2.24, 2.45) is 7.05 Å². The van der Waals surface area contributed by atoms with E-state index >= 15 is 0 Å². The van der Waals surface area contributed by atoms with E-state index in [-0.39, 0.29) is 0 Å². The summed E-state index contributed by atoms with van der Waals surface area (Å²) in [6, 6.07) is 1.34. The van der Waals surface area contributed by atoms with Crippen LogP contribution < -0.4 is 0 Å². The van der Waals surface area contributed by atoms with Crippen LogP contribution in [0.3, 0.4) is 0 Å². The number of carboxylic acids is 1. The number of aromatic nitrogens is 3. The monoisotopic (exact) mass is 278 g/mol. The van der Waals surface area contributed by atoms with Gasteiger partial charge < -0.3 is 5.11 Å². The molecule has 0 amide bonds. The number of aliphatic carboxylic acids is 1. The lowest BCUT2D eigenvalue weighted by atomic mass is 10.00. The second kappa shape index (κ2) is 4.75. The summed E-state index contributed by atoms with van der Waals surface area (Å²) in [5, 5.41) is 15.5. The average molecular weight is 278 g/mol. The van der Waals surface area contributed by atoms with Gasteiger partial charge in [-0.3, -0.25) is 14.4 Å². The van der Waals surface area contributed by atoms with Crippen molar-refractivity contribution in [1.82, 2.24) is 19.7 Å². The molecule has 19 heavy (non-hydrogen) atoms. The van der Waals surface area contributed by atoms with E-state index in [0.29, 0.717) is 6.54 Å². The first-order valence-electron chi connectivity index (χ1n) is 6.03. The summed E-state index contributed by atoms with van der Waals surface area (Å²) in [7, 11) is 1.82. The van der Waals surface area contributed by atoms with Gasteiger partial charge in [-0.15, -0.1) is 11.3 Å². The molecule has 3 heterocycles. The van der Waals surface area contributed by atoms with Crippen molar-refractivity contribution in [2.75, 3.05) is 6.54 Å². The Morgan fingerprint density at radius 2 is 2.47 bits per heavy atom. The minimum Gasteiger partial charge on any atom is -0.480 e. The van der Waals surface area contributed by atoms with Crippen LogP contribution >= 0.6 is 11.3 Å². The zero-order chi connectivity index (χ0) is 13.4. The molecule has 1 unspecified atom stereocenters. The van der Waals surface area contributed by atoms with Gasteiger partial charge in [-0.25, -0.2) is 4.98 Å². The van der Waals surface area contributed by atoms with Crippen molar-refractivity contribution in [1.29, 1.82) is 0 Å². The summed E-state index contributed by atoms with van der Waals surface area (Å²) in [6.45, 7) is 1.24. The number of carboxylic acid groups (broad SMARTS) is 1. The molecule has 100 valence electrons. The SMILES string of the molecule is Cn1ncnc1CN1CCc2sccc2C1C(=O)O. The Balaban J connectivity index is 1.90. The zero-order valence-corrected chi connectivity index (χ0v) is 11.3. The van der Waals surface area contributed by atoms with Gasteiger partial charge in [0.1, 0.15) is 18.2 Å². The molecule has 1 aliphatic rings. The lowest BCUT2D eigenvalue weighted by Crippen LogP contribution is -2.39. The molecule has 0 fully saturated rings. The Kier molecular flexibility index (Phi) is 3.08. The van der Waals surface area contributed by atoms with Crippen molar-refractivity contribution < 1.29 is 9.90 Å². The smallest absolute Gasteiger partial charge is 0.325 e. The highest BCUT2D eigenvalue weighted by atomic mass is 32.1.